The first-order chi connectivity index (χ1) is 9.56. The first kappa shape index (κ1) is 16.9. The van der Waals surface area contributed by atoms with Crippen LogP contribution in [0.5, 0.6) is 0 Å². The van der Waals surface area contributed by atoms with Crippen molar-refractivity contribution in [1.29, 1.82) is 0 Å². The molecule has 0 atom stereocenters. The lowest BCUT2D eigenvalue weighted by Gasteiger charge is -2.46. The lowest BCUT2D eigenvalue weighted by molar-refractivity contribution is -0.163. The third-order valence-corrected chi connectivity index (χ3v) is 6.53. The Labute approximate surface area is 131 Å². The van der Waals surface area contributed by atoms with Crippen molar-refractivity contribution in [3.05, 3.63) is 17.0 Å². The first-order valence-corrected chi connectivity index (χ1v) is 9.30. The fourth-order valence-corrected chi connectivity index (χ4v) is 5.90. The number of hydrogen-bond acceptors (Lipinski definition) is 5. The van der Waals surface area contributed by atoms with Gasteiger partial charge in [0.25, 0.3) is 10.0 Å². The highest BCUT2D eigenvalue weighted by Gasteiger charge is 2.43. The van der Waals surface area contributed by atoms with E-state index in [1.807, 2.05) is 40.1 Å². The van der Waals surface area contributed by atoms with E-state index in [-0.39, 0.29) is 0 Å². The standard InChI is InChI=1S/C14H24N2O3S2/c1-13(2)9-16(10-14(3,4)19-13)21(17,18)12-6-11(7-15-5)8-20-12/h6,8,15H,7,9-10H2,1-5H3. The average Bonchev–Trinajstić information content (AvgIpc) is 2.74. The van der Waals surface area contributed by atoms with Crippen LogP contribution in [0, 0.1) is 0 Å². The molecular weight excluding hydrogens is 308 g/mol. The Morgan fingerprint density at radius 2 is 1.86 bits per heavy atom. The minimum Gasteiger partial charge on any atom is -0.367 e. The van der Waals surface area contributed by atoms with E-state index in [0.29, 0.717) is 23.8 Å². The molecule has 21 heavy (non-hydrogen) atoms. The van der Waals surface area contributed by atoms with Gasteiger partial charge in [-0.3, -0.25) is 0 Å². The monoisotopic (exact) mass is 332 g/mol. The molecule has 7 heteroatoms. The van der Waals surface area contributed by atoms with Crippen LogP contribution in [0.25, 0.3) is 0 Å². The Hall–Kier alpha value is -0.470. The van der Waals surface area contributed by atoms with Gasteiger partial charge in [0.2, 0.25) is 0 Å². The molecular formula is C14H24N2O3S2. The van der Waals surface area contributed by atoms with Crippen molar-refractivity contribution < 1.29 is 13.2 Å². The summed E-state index contributed by atoms with van der Waals surface area (Å²) in [4.78, 5) is 0. The van der Waals surface area contributed by atoms with E-state index < -0.39 is 21.2 Å². The molecule has 2 heterocycles. The van der Waals surface area contributed by atoms with Gasteiger partial charge in [-0.15, -0.1) is 11.3 Å². The van der Waals surface area contributed by atoms with Crippen LogP contribution in [0.15, 0.2) is 15.7 Å². The normalized spacial score (nSPS) is 22.3. The zero-order valence-corrected chi connectivity index (χ0v) is 14.9. The van der Waals surface area contributed by atoms with Crippen LogP contribution < -0.4 is 5.32 Å². The number of thiophene rings is 1. The van der Waals surface area contributed by atoms with Gasteiger partial charge in [0.1, 0.15) is 4.21 Å². The van der Waals surface area contributed by atoms with Crippen molar-refractivity contribution in [2.24, 2.45) is 0 Å². The topological polar surface area (TPSA) is 58.6 Å². The second kappa shape index (κ2) is 5.62. The highest BCUT2D eigenvalue weighted by atomic mass is 32.2. The van der Waals surface area contributed by atoms with Gasteiger partial charge in [0.15, 0.2) is 0 Å². The van der Waals surface area contributed by atoms with Crippen molar-refractivity contribution in [2.45, 2.75) is 49.7 Å². The van der Waals surface area contributed by atoms with Crippen LogP contribution in [0.1, 0.15) is 33.3 Å². The SMILES string of the molecule is CNCc1csc(S(=O)(=O)N2CC(C)(C)OC(C)(C)C2)c1. The molecule has 120 valence electrons. The van der Waals surface area contributed by atoms with Crippen LogP contribution in [0.3, 0.4) is 0 Å². The smallest absolute Gasteiger partial charge is 0.252 e. The molecule has 0 bridgehead atoms. The van der Waals surface area contributed by atoms with Crippen molar-refractivity contribution >= 4 is 21.4 Å². The largest absolute Gasteiger partial charge is 0.367 e. The zero-order chi connectivity index (χ0) is 15.9. The molecule has 1 fully saturated rings. The van der Waals surface area contributed by atoms with E-state index in [0.717, 1.165) is 5.56 Å². The second-order valence-corrected chi connectivity index (χ2v) is 9.77. The van der Waals surface area contributed by atoms with E-state index in [4.69, 9.17) is 4.74 Å². The maximum Gasteiger partial charge on any atom is 0.252 e. The predicted octanol–water partition coefficient (Wildman–Crippen LogP) is 2.05. The first-order valence-electron chi connectivity index (χ1n) is 6.98. The maximum atomic E-state index is 12.8. The van der Waals surface area contributed by atoms with Gasteiger partial charge >= 0.3 is 0 Å². The molecule has 5 nitrogen and oxygen atoms in total. The Bertz CT molecular complexity index is 589. The summed E-state index contributed by atoms with van der Waals surface area (Å²) in [6.45, 7) is 9.13. The summed E-state index contributed by atoms with van der Waals surface area (Å²) in [5.41, 5.74) is 0.0209. The molecule has 1 aliphatic heterocycles. The molecule has 0 spiro atoms. The predicted molar refractivity (Wildman–Crippen MR) is 85.1 cm³/mol. The van der Waals surface area contributed by atoms with Gasteiger partial charge < -0.3 is 10.1 Å². The number of nitrogens with one attached hydrogen (secondary N) is 1. The number of nitrogens with zero attached hydrogens (tertiary/aromatic N) is 1. The molecule has 0 aromatic carbocycles. The molecule has 0 amide bonds. The van der Waals surface area contributed by atoms with Gasteiger partial charge in [0, 0.05) is 19.6 Å². The minimum absolute atomic E-state index is 0.373. The van der Waals surface area contributed by atoms with Gasteiger partial charge in [-0.1, -0.05) is 0 Å². The van der Waals surface area contributed by atoms with Gasteiger partial charge in [0.05, 0.1) is 11.2 Å². The molecule has 0 unspecified atom stereocenters. The third kappa shape index (κ3) is 3.84. The fraction of sp³-hybridized carbons (Fsp3) is 0.714. The highest BCUT2D eigenvalue weighted by molar-refractivity contribution is 7.91. The third-order valence-electron chi connectivity index (χ3n) is 3.27. The zero-order valence-electron chi connectivity index (χ0n) is 13.3. The van der Waals surface area contributed by atoms with E-state index in [2.05, 4.69) is 5.32 Å². The van der Waals surface area contributed by atoms with Gasteiger partial charge in [-0.05, 0) is 51.8 Å². The molecule has 2 rings (SSSR count). The van der Waals surface area contributed by atoms with Gasteiger partial charge in [-0.2, -0.15) is 4.31 Å². The van der Waals surface area contributed by atoms with Crippen molar-refractivity contribution in [2.75, 3.05) is 20.1 Å². The molecule has 0 saturated carbocycles. The highest BCUT2D eigenvalue weighted by Crippen LogP contribution is 2.33. The second-order valence-electron chi connectivity index (χ2n) is 6.70. The maximum absolute atomic E-state index is 12.8. The summed E-state index contributed by atoms with van der Waals surface area (Å²) < 4.78 is 33.6. The summed E-state index contributed by atoms with van der Waals surface area (Å²) in [5.74, 6) is 0. The molecule has 0 radical (unpaired) electrons. The van der Waals surface area contributed by atoms with E-state index in [9.17, 15) is 8.42 Å². The number of ether oxygens (including phenoxy) is 1. The average molecular weight is 332 g/mol. The van der Waals surface area contributed by atoms with E-state index >= 15 is 0 Å². The number of sulfonamides is 1. The summed E-state index contributed by atoms with van der Waals surface area (Å²) in [5, 5.41) is 4.92. The Morgan fingerprint density at radius 3 is 2.38 bits per heavy atom. The van der Waals surface area contributed by atoms with Crippen LogP contribution in [-0.2, 0) is 21.3 Å². The number of rotatable bonds is 4. The molecule has 1 N–H and O–H groups in total. The molecule has 1 aliphatic rings. The lowest BCUT2D eigenvalue weighted by atomic mass is 10.0. The van der Waals surface area contributed by atoms with E-state index in [1.54, 1.807) is 10.4 Å². The van der Waals surface area contributed by atoms with Crippen LogP contribution in [-0.4, -0.2) is 44.1 Å². The summed E-state index contributed by atoms with van der Waals surface area (Å²) in [7, 11) is -1.61. The summed E-state index contributed by atoms with van der Waals surface area (Å²) in [6.07, 6.45) is 0. The van der Waals surface area contributed by atoms with E-state index in [1.165, 1.54) is 11.3 Å². The molecule has 1 aromatic heterocycles. The van der Waals surface area contributed by atoms with Crippen LogP contribution in [0.4, 0.5) is 0 Å². The lowest BCUT2D eigenvalue weighted by Crippen LogP contribution is -2.58. The Morgan fingerprint density at radius 1 is 1.29 bits per heavy atom. The van der Waals surface area contributed by atoms with Crippen LogP contribution >= 0.6 is 11.3 Å². The molecule has 0 aliphatic carbocycles. The quantitative estimate of drug-likeness (QED) is 0.917. The van der Waals surface area contributed by atoms with Gasteiger partial charge in [-0.25, -0.2) is 8.42 Å². The van der Waals surface area contributed by atoms with Crippen LogP contribution in [0.2, 0.25) is 0 Å². The fourth-order valence-electron chi connectivity index (χ4n) is 2.80. The minimum atomic E-state index is -3.46. The summed E-state index contributed by atoms with van der Waals surface area (Å²) in [6, 6.07) is 1.76. The Balaban J connectivity index is 2.29. The summed E-state index contributed by atoms with van der Waals surface area (Å²) >= 11 is 1.28. The van der Waals surface area contributed by atoms with Crippen molar-refractivity contribution in [3.63, 3.8) is 0 Å². The molecule has 1 aromatic rings. The number of hydrogen-bond donors (Lipinski definition) is 1. The van der Waals surface area contributed by atoms with Crippen molar-refractivity contribution in [1.82, 2.24) is 9.62 Å². The van der Waals surface area contributed by atoms with Crippen molar-refractivity contribution in [3.8, 4) is 0 Å². The molecule has 1 saturated heterocycles. The Kier molecular flexibility index (Phi) is 4.52. The number of morpholine rings is 1.